The Morgan fingerprint density at radius 3 is 2.24 bits per heavy atom. The summed E-state index contributed by atoms with van der Waals surface area (Å²) < 4.78 is 1.82. The summed E-state index contributed by atoms with van der Waals surface area (Å²) >= 11 is 0. The summed E-state index contributed by atoms with van der Waals surface area (Å²) in [6, 6.07) is 20.0. The van der Waals surface area contributed by atoms with Gasteiger partial charge >= 0.3 is 0 Å². The zero-order valence-electron chi connectivity index (χ0n) is 16.5. The van der Waals surface area contributed by atoms with Gasteiger partial charge in [-0.25, -0.2) is 15.0 Å². The SMILES string of the molecule is Cc1cc(Nc2nc3ccccc3nc2C)n(-c2cc(C)c3ccccc3n2)n1. The van der Waals surface area contributed by atoms with E-state index in [2.05, 4.69) is 34.5 Å². The number of hydrogen-bond donors (Lipinski definition) is 1. The van der Waals surface area contributed by atoms with Crippen LogP contribution in [0.2, 0.25) is 0 Å². The average Bonchev–Trinajstić information content (AvgIpc) is 3.09. The third-order valence-corrected chi connectivity index (χ3v) is 4.95. The number of nitrogens with zero attached hydrogens (tertiary/aromatic N) is 5. The van der Waals surface area contributed by atoms with E-state index >= 15 is 0 Å². The molecule has 0 spiro atoms. The zero-order valence-corrected chi connectivity index (χ0v) is 16.5. The molecule has 0 saturated carbocycles. The van der Waals surface area contributed by atoms with E-state index < -0.39 is 0 Å². The van der Waals surface area contributed by atoms with E-state index in [0.717, 1.165) is 50.5 Å². The molecule has 0 amide bonds. The lowest BCUT2D eigenvalue weighted by Gasteiger charge is -2.12. The second-order valence-corrected chi connectivity index (χ2v) is 7.17. The zero-order chi connectivity index (χ0) is 20.0. The van der Waals surface area contributed by atoms with E-state index in [9.17, 15) is 0 Å². The van der Waals surface area contributed by atoms with Crippen molar-refractivity contribution in [3.8, 4) is 5.82 Å². The molecule has 0 radical (unpaired) electrons. The van der Waals surface area contributed by atoms with Crippen LogP contribution in [0.25, 0.3) is 27.8 Å². The number of fused-ring (bicyclic) bond motifs is 2. The molecular weight excluding hydrogens is 360 g/mol. The number of rotatable bonds is 3. The Morgan fingerprint density at radius 1 is 0.759 bits per heavy atom. The lowest BCUT2D eigenvalue weighted by Crippen LogP contribution is -2.07. The monoisotopic (exact) mass is 380 g/mol. The van der Waals surface area contributed by atoms with Crippen molar-refractivity contribution in [2.75, 3.05) is 5.32 Å². The normalized spacial score (nSPS) is 11.3. The van der Waals surface area contributed by atoms with E-state index in [1.165, 1.54) is 0 Å². The van der Waals surface area contributed by atoms with Gasteiger partial charge in [-0.1, -0.05) is 30.3 Å². The maximum atomic E-state index is 4.82. The van der Waals surface area contributed by atoms with Crippen molar-refractivity contribution in [2.24, 2.45) is 0 Å². The summed E-state index contributed by atoms with van der Waals surface area (Å²) in [6.07, 6.45) is 0. The van der Waals surface area contributed by atoms with Crippen molar-refractivity contribution in [3.63, 3.8) is 0 Å². The molecule has 142 valence electrons. The van der Waals surface area contributed by atoms with Gasteiger partial charge in [0.25, 0.3) is 0 Å². The van der Waals surface area contributed by atoms with E-state index in [1.54, 1.807) is 0 Å². The molecule has 0 saturated heterocycles. The molecule has 5 aromatic rings. The maximum absolute atomic E-state index is 4.82. The predicted molar refractivity (Wildman–Crippen MR) is 116 cm³/mol. The summed E-state index contributed by atoms with van der Waals surface area (Å²) in [5.74, 6) is 2.28. The summed E-state index contributed by atoms with van der Waals surface area (Å²) in [6.45, 7) is 6.01. The van der Waals surface area contributed by atoms with Crippen LogP contribution in [0.15, 0.2) is 60.7 Å². The fraction of sp³-hybridized carbons (Fsp3) is 0.130. The number of aryl methyl sites for hydroxylation is 3. The third kappa shape index (κ3) is 3.08. The maximum Gasteiger partial charge on any atom is 0.156 e. The summed E-state index contributed by atoms with van der Waals surface area (Å²) in [4.78, 5) is 14.2. The van der Waals surface area contributed by atoms with E-state index in [-0.39, 0.29) is 0 Å². The van der Waals surface area contributed by atoms with Gasteiger partial charge in [-0.15, -0.1) is 0 Å². The quantitative estimate of drug-likeness (QED) is 0.475. The molecule has 6 heteroatoms. The van der Waals surface area contributed by atoms with Crippen molar-refractivity contribution in [1.82, 2.24) is 24.7 Å². The van der Waals surface area contributed by atoms with Gasteiger partial charge in [-0.2, -0.15) is 9.78 Å². The Hall–Kier alpha value is -3.80. The molecule has 0 bridgehead atoms. The molecule has 0 aliphatic heterocycles. The second kappa shape index (κ2) is 6.67. The Labute approximate surface area is 168 Å². The van der Waals surface area contributed by atoms with Crippen molar-refractivity contribution in [3.05, 3.63) is 77.6 Å². The summed E-state index contributed by atoms with van der Waals surface area (Å²) in [7, 11) is 0. The molecule has 0 unspecified atom stereocenters. The number of hydrogen-bond acceptors (Lipinski definition) is 5. The molecule has 2 aromatic carbocycles. The van der Waals surface area contributed by atoms with Crippen LogP contribution >= 0.6 is 0 Å². The number of nitrogens with one attached hydrogen (secondary N) is 1. The first-order valence-corrected chi connectivity index (χ1v) is 9.52. The first-order valence-electron chi connectivity index (χ1n) is 9.52. The van der Waals surface area contributed by atoms with Crippen molar-refractivity contribution >= 4 is 33.6 Å². The summed E-state index contributed by atoms with van der Waals surface area (Å²) in [5.41, 5.74) is 5.56. The first-order chi connectivity index (χ1) is 14.1. The Bertz CT molecular complexity index is 1370. The summed E-state index contributed by atoms with van der Waals surface area (Å²) in [5, 5.41) is 9.21. The van der Waals surface area contributed by atoms with Gasteiger partial charge in [0.05, 0.1) is 27.9 Å². The van der Waals surface area contributed by atoms with Gasteiger partial charge in [0, 0.05) is 11.5 Å². The Kier molecular flexibility index (Phi) is 3.98. The van der Waals surface area contributed by atoms with E-state index in [0.29, 0.717) is 5.82 Å². The van der Waals surface area contributed by atoms with Crippen LogP contribution in [0, 0.1) is 20.8 Å². The van der Waals surface area contributed by atoms with E-state index in [1.807, 2.05) is 67.1 Å². The minimum Gasteiger partial charge on any atom is -0.323 e. The van der Waals surface area contributed by atoms with Crippen LogP contribution in [0.3, 0.4) is 0 Å². The van der Waals surface area contributed by atoms with Gasteiger partial charge in [0.15, 0.2) is 11.6 Å². The molecule has 0 atom stereocenters. The fourth-order valence-corrected chi connectivity index (χ4v) is 3.53. The van der Waals surface area contributed by atoms with Gasteiger partial charge in [-0.05, 0) is 50.6 Å². The smallest absolute Gasteiger partial charge is 0.156 e. The Morgan fingerprint density at radius 2 is 1.45 bits per heavy atom. The van der Waals surface area contributed by atoms with E-state index in [4.69, 9.17) is 9.97 Å². The molecule has 0 fully saturated rings. The molecule has 3 aromatic heterocycles. The van der Waals surface area contributed by atoms with Crippen LogP contribution in [-0.4, -0.2) is 24.7 Å². The highest BCUT2D eigenvalue weighted by Gasteiger charge is 2.13. The number of anilines is 2. The van der Waals surface area contributed by atoms with Gasteiger partial charge in [-0.3, -0.25) is 0 Å². The van der Waals surface area contributed by atoms with Crippen LogP contribution < -0.4 is 5.32 Å². The number of aromatic nitrogens is 5. The standard InChI is InChI=1S/C23H20N6/c1-14-12-21(25-18-9-5-4-8-17(14)18)29-22(13-15(2)28-29)27-23-16(3)24-19-10-6-7-11-20(19)26-23/h4-13H,1-3H3,(H,26,27). The second-order valence-electron chi connectivity index (χ2n) is 7.17. The van der Waals surface area contributed by atoms with Crippen LogP contribution in [0.4, 0.5) is 11.6 Å². The van der Waals surface area contributed by atoms with Crippen LogP contribution in [0.1, 0.15) is 17.0 Å². The number of para-hydroxylation sites is 3. The third-order valence-electron chi connectivity index (χ3n) is 4.95. The minimum absolute atomic E-state index is 0.711. The molecule has 5 rings (SSSR count). The molecular formula is C23H20N6. The topological polar surface area (TPSA) is 68.5 Å². The minimum atomic E-state index is 0.711. The van der Waals surface area contributed by atoms with Crippen LogP contribution in [-0.2, 0) is 0 Å². The predicted octanol–water partition coefficient (Wildman–Crippen LogP) is 5.03. The Balaban J connectivity index is 1.61. The molecule has 3 heterocycles. The molecule has 0 aliphatic carbocycles. The highest BCUT2D eigenvalue weighted by Crippen LogP contribution is 2.25. The molecule has 6 nitrogen and oxygen atoms in total. The number of pyridine rings is 1. The van der Waals surface area contributed by atoms with Gasteiger partial charge in [0.2, 0.25) is 0 Å². The van der Waals surface area contributed by atoms with Crippen molar-refractivity contribution < 1.29 is 0 Å². The largest absolute Gasteiger partial charge is 0.323 e. The first kappa shape index (κ1) is 17.3. The highest BCUT2D eigenvalue weighted by atomic mass is 15.4. The fourth-order valence-electron chi connectivity index (χ4n) is 3.53. The van der Waals surface area contributed by atoms with Crippen molar-refractivity contribution in [2.45, 2.75) is 20.8 Å². The van der Waals surface area contributed by atoms with Gasteiger partial charge < -0.3 is 5.32 Å². The molecule has 1 N–H and O–H groups in total. The van der Waals surface area contributed by atoms with Crippen molar-refractivity contribution in [1.29, 1.82) is 0 Å². The lowest BCUT2D eigenvalue weighted by atomic mass is 10.1. The molecule has 0 aliphatic rings. The highest BCUT2D eigenvalue weighted by molar-refractivity contribution is 5.83. The van der Waals surface area contributed by atoms with Gasteiger partial charge in [0.1, 0.15) is 5.82 Å². The number of benzene rings is 2. The molecule has 29 heavy (non-hydrogen) atoms. The van der Waals surface area contributed by atoms with Crippen LogP contribution in [0.5, 0.6) is 0 Å². The lowest BCUT2D eigenvalue weighted by molar-refractivity contribution is 0.842. The average molecular weight is 380 g/mol.